The first-order valence-corrected chi connectivity index (χ1v) is 11.9. The van der Waals surface area contributed by atoms with Crippen LogP contribution in [0.15, 0.2) is 78.9 Å². The van der Waals surface area contributed by atoms with E-state index in [0.717, 1.165) is 29.5 Å². The van der Waals surface area contributed by atoms with Crippen molar-refractivity contribution in [2.45, 2.75) is 46.0 Å². The molecule has 162 valence electrons. The Morgan fingerprint density at radius 1 is 0.667 bits per heavy atom. The first-order valence-electron chi connectivity index (χ1n) is 11.9. The highest BCUT2D eigenvalue weighted by Gasteiger charge is 2.46. The minimum absolute atomic E-state index is 0.411. The fourth-order valence-corrected chi connectivity index (χ4v) is 5.90. The summed E-state index contributed by atoms with van der Waals surface area (Å²) in [6.45, 7) is 8.67. The SMILES string of the molecule is CCc1cc(C2(c3cc(C)cc(C)c3)c3ccccc3-c3ccccc32)cc(CC)c1C#N. The summed E-state index contributed by atoms with van der Waals surface area (Å²) >= 11 is 0. The molecule has 1 heteroatoms. The van der Waals surface area contributed by atoms with Crippen LogP contribution in [-0.4, -0.2) is 0 Å². The Morgan fingerprint density at radius 3 is 1.58 bits per heavy atom. The standard InChI is InChI=1S/C32H29N/c1-5-23-18-26(19-24(6-2)29(23)20-33)32(25-16-21(3)15-22(4)17-25)30-13-9-7-11-27(30)28-12-8-10-14-31(28)32/h7-19H,5-6H2,1-4H3. The van der Waals surface area contributed by atoms with Gasteiger partial charge < -0.3 is 0 Å². The summed E-state index contributed by atoms with van der Waals surface area (Å²) in [4.78, 5) is 0. The van der Waals surface area contributed by atoms with Gasteiger partial charge >= 0.3 is 0 Å². The molecule has 0 radical (unpaired) electrons. The van der Waals surface area contributed by atoms with Gasteiger partial charge in [0.15, 0.2) is 0 Å². The van der Waals surface area contributed by atoms with Gasteiger partial charge in [0.25, 0.3) is 0 Å². The van der Waals surface area contributed by atoms with Gasteiger partial charge in [0.05, 0.1) is 17.0 Å². The number of hydrogen-bond acceptors (Lipinski definition) is 1. The maximum Gasteiger partial charge on any atom is 0.0997 e. The Balaban J connectivity index is 1.99. The topological polar surface area (TPSA) is 23.8 Å². The molecule has 33 heavy (non-hydrogen) atoms. The molecule has 4 aromatic carbocycles. The maximum absolute atomic E-state index is 9.94. The number of aryl methyl sites for hydroxylation is 4. The van der Waals surface area contributed by atoms with E-state index < -0.39 is 5.41 Å². The average Bonchev–Trinajstić information content (AvgIpc) is 3.14. The van der Waals surface area contributed by atoms with Crippen molar-refractivity contribution in [3.05, 3.63) is 129 Å². The maximum atomic E-state index is 9.94. The van der Waals surface area contributed by atoms with E-state index in [9.17, 15) is 5.26 Å². The Kier molecular flexibility index (Phi) is 5.18. The molecule has 0 aromatic heterocycles. The van der Waals surface area contributed by atoms with Crippen LogP contribution in [-0.2, 0) is 18.3 Å². The highest BCUT2D eigenvalue weighted by Crippen LogP contribution is 2.56. The average molecular weight is 428 g/mol. The number of nitriles is 1. The molecule has 0 unspecified atom stereocenters. The van der Waals surface area contributed by atoms with Crippen LogP contribution in [0.1, 0.15) is 63.9 Å². The van der Waals surface area contributed by atoms with Crippen LogP contribution in [0.2, 0.25) is 0 Å². The second kappa shape index (κ2) is 8.05. The lowest BCUT2D eigenvalue weighted by Gasteiger charge is -2.35. The zero-order valence-corrected chi connectivity index (χ0v) is 19.9. The lowest BCUT2D eigenvalue weighted by Crippen LogP contribution is -2.29. The van der Waals surface area contributed by atoms with Crippen molar-refractivity contribution in [2.24, 2.45) is 0 Å². The summed E-state index contributed by atoms with van der Waals surface area (Å²) in [5, 5.41) is 9.94. The Bertz CT molecular complexity index is 1330. The molecule has 0 spiro atoms. The van der Waals surface area contributed by atoms with E-state index in [4.69, 9.17) is 0 Å². The third-order valence-electron chi connectivity index (χ3n) is 7.22. The summed E-state index contributed by atoms with van der Waals surface area (Å²) in [5.41, 5.74) is 13.1. The molecule has 5 rings (SSSR count). The summed E-state index contributed by atoms with van der Waals surface area (Å²) < 4.78 is 0. The molecule has 0 saturated carbocycles. The predicted molar refractivity (Wildman–Crippen MR) is 137 cm³/mol. The van der Waals surface area contributed by atoms with Gasteiger partial charge in [-0.1, -0.05) is 104 Å². The molecule has 0 saturated heterocycles. The molecule has 1 aliphatic carbocycles. The smallest absolute Gasteiger partial charge is 0.0997 e. The molecule has 0 atom stereocenters. The third-order valence-corrected chi connectivity index (χ3v) is 7.22. The molecule has 0 fully saturated rings. The van der Waals surface area contributed by atoms with Gasteiger partial charge in [0, 0.05) is 0 Å². The summed E-state index contributed by atoms with van der Waals surface area (Å²) in [7, 11) is 0. The van der Waals surface area contributed by atoms with Gasteiger partial charge in [-0.3, -0.25) is 0 Å². The van der Waals surface area contributed by atoms with E-state index in [0.29, 0.717) is 0 Å². The van der Waals surface area contributed by atoms with Crippen molar-refractivity contribution in [3.63, 3.8) is 0 Å². The molecular formula is C32H29N. The number of benzene rings is 4. The van der Waals surface area contributed by atoms with Crippen molar-refractivity contribution in [3.8, 4) is 17.2 Å². The van der Waals surface area contributed by atoms with E-state index in [1.807, 2.05) is 0 Å². The van der Waals surface area contributed by atoms with Crippen LogP contribution in [0, 0.1) is 25.2 Å². The minimum atomic E-state index is -0.411. The monoisotopic (exact) mass is 427 g/mol. The van der Waals surface area contributed by atoms with Crippen molar-refractivity contribution < 1.29 is 0 Å². The summed E-state index contributed by atoms with van der Waals surface area (Å²) in [6, 6.07) is 31.7. The van der Waals surface area contributed by atoms with Crippen molar-refractivity contribution in [1.29, 1.82) is 5.26 Å². The van der Waals surface area contributed by atoms with Crippen LogP contribution in [0.25, 0.3) is 11.1 Å². The summed E-state index contributed by atoms with van der Waals surface area (Å²) in [5.74, 6) is 0. The molecule has 0 heterocycles. The van der Waals surface area contributed by atoms with Crippen LogP contribution in [0.3, 0.4) is 0 Å². The zero-order chi connectivity index (χ0) is 23.2. The lowest BCUT2D eigenvalue weighted by atomic mass is 9.66. The number of hydrogen-bond donors (Lipinski definition) is 0. The van der Waals surface area contributed by atoms with Crippen LogP contribution in [0.4, 0.5) is 0 Å². The molecular weight excluding hydrogens is 398 g/mol. The first-order chi connectivity index (χ1) is 16.0. The Labute approximate surface area is 197 Å². The second-order valence-electron chi connectivity index (χ2n) is 9.21. The Morgan fingerprint density at radius 2 is 1.12 bits per heavy atom. The molecule has 0 N–H and O–H groups in total. The van der Waals surface area contributed by atoms with Gasteiger partial charge in [-0.2, -0.15) is 5.26 Å². The van der Waals surface area contributed by atoms with Crippen molar-refractivity contribution >= 4 is 0 Å². The molecule has 0 amide bonds. The first kappa shape index (κ1) is 21.2. The fourth-order valence-electron chi connectivity index (χ4n) is 5.90. The van der Waals surface area contributed by atoms with Crippen LogP contribution in [0.5, 0.6) is 0 Å². The van der Waals surface area contributed by atoms with Crippen molar-refractivity contribution in [1.82, 2.24) is 0 Å². The highest BCUT2D eigenvalue weighted by molar-refractivity contribution is 5.86. The van der Waals surface area contributed by atoms with Crippen LogP contribution >= 0.6 is 0 Å². The molecule has 0 aliphatic heterocycles. The third kappa shape index (κ3) is 3.05. The Hall–Kier alpha value is -3.63. The molecule has 4 aromatic rings. The minimum Gasteiger partial charge on any atom is -0.192 e. The van der Waals surface area contributed by atoms with E-state index in [1.54, 1.807) is 0 Å². The number of nitrogens with zero attached hydrogens (tertiary/aromatic N) is 1. The van der Waals surface area contributed by atoms with Gasteiger partial charge in [-0.15, -0.1) is 0 Å². The second-order valence-corrected chi connectivity index (χ2v) is 9.21. The van der Waals surface area contributed by atoms with Crippen LogP contribution < -0.4 is 0 Å². The lowest BCUT2D eigenvalue weighted by molar-refractivity contribution is 0.760. The fraction of sp³-hybridized carbons (Fsp3) is 0.219. The van der Waals surface area contributed by atoms with Crippen molar-refractivity contribution in [2.75, 3.05) is 0 Å². The van der Waals surface area contributed by atoms with Gasteiger partial charge in [0.1, 0.15) is 0 Å². The van der Waals surface area contributed by atoms with E-state index in [-0.39, 0.29) is 0 Å². The van der Waals surface area contributed by atoms with E-state index >= 15 is 0 Å². The molecule has 1 nitrogen and oxygen atoms in total. The van der Waals surface area contributed by atoms with E-state index in [1.165, 1.54) is 44.5 Å². The van der Waals surface area contributed by atoms with Gasteiger partial charge in [0.2, 0.25) is 0 Å². The number of rotatable bonds is 4. The van der Waals surface area contributed by atoms with Gasteiger partial charge in [-0.25, -0.2) is 0 Å². The number of fused-ring (bicyclic) bond motifs is 3. The zero-order valence-electron chi connectivity index (χ0n) is 19.9. The quantitative estimate of drug-likeness (QED) is 0.289. The predicted octanol–water partition coefficient (Wildman–Crippen LogP) is 7.66. The highest BCUT2D eigenvalue weighted by atomic mass is 14.5. The normalized spacial score (nSPS) is 13.3. The molecule has 0 bridgehead atoms. The van der Waals surface area contributed by atoms with Gasteiger partial charge in [-0.05, 0) is 71.2 Å². The summed E-state index contributed by atoms with van der Waals surface area (Å²) in [6.07, 6.45) is 1.69. The largest absolute Gasteiger partial charge is 0.192 e. The van der Waals surface area contributed by atoms with E-state index in [2.05, 4.69) is 113 Å². The molecule has 1 aliphatic rings.